The van der Waals surface area contributed by atoms with Gasteiger partial charge in [0.1, 0.15) is 5.54 Å². The summed E-state index contributed by atoms with van der Waals surface area (Å²) in [6, 6.07) is 8.88. The lowest BCUT2D eigenvalue weighted by Crippen LogP contribution is -2.45. The zero-order valence-electron chi connectivity index (χ0n) is 14.8. The van der Waals surface area contributed by atoms with Gasteiger partial charge in [-0.25, -0.2) is 4.79 Å². The molecule has 0 atom stereocenters. The number of ether oxygens (including phenoxy) is 1. The summed E-state index contributed by atoms with van der Waals surface area (Å²) >= 11 is 0. The number of carbonyl (C=O) groups is 1. The molecule has 0 bridgehead atoms. The molecule has 142 valence electrons. The van der Waals surface area contributed by atoms with Crippen LogP contribution >= 0.6 is 12.4 Å². The lowest BCUT2D eigenvalue weighted by atomic mass is 9.88. The molecule has 4 rings (SSSR count). The standard InChI is InChI=1S/C18H19N5O3.ClH/c1-25-16(24)14-5-2-4-13(12-14)15-21-17(26-22-15)18(6-9-19-10-7-18)23-11-3-8-20-23;/h2-5,8,11-12,19H,6-7,9-10H2,1H3;1H. The van der Waals surface area contributed by atoms with Crippen LogP contribution in [0.15, 0.2) is 47.2 Å². The molecule has 9 heteroatoms. The zero-order valence-corrected chi connectivity index (χ0v) is 15.6. The second kappa shape index (κ2) is 7.89. The maximum atomic E-state index is 11.8. The van der Waals surface area contributed by atoms with Crippen LogP contribution in [0.1, 0.15) is 29.1 Å². The second-order valence-electron chi connectivity index (χ2n) is 6.23. The number of methoxy groups -OCH3 is 1. The molecule has 1 aliphatic rings. The van der Waals surface area contributed by atoms with E-state index < -0.39 is 11.5 Å². The molecule has 1 aliphatic heterocycles. The first-order valence-corrected chi connectivity index (χ1v) is 8.47. The highest BCUT2D eigenvalue weighted by Crippen LogP contribution is 2.34. The summed E-state index contributed by atoms with van der Waals surface area (Å²) in [5, 5.41) is 11.9. The van der Waals surface area contributed by atoms with Gasteiger partial charge in [0.05, 0.1) is 12.7 Å². The van der Waals surface area contributed by atoms with Gasteiger partial charge in [0.15, 0.2) is 0 Å². The first-order valence-electron chi connectivity index (χ1n) is 8.47. The first kappa shape index (κ1) is 19.1. The van der Waals surface area contributed by atoms with Crippen molar-refractivity contribution in [2.75, 3.05) is 20.2 Å². The molecule has 1 aromatic carbocycles. The molecule has 27 heavy (non-hydrogen) atoms. The number of carbonyl (C=O) groups excluding carboxylic acids is 1. The molecule has 0 unspecified atom stereocenters. The number of nitrogens with zero attached hydrogens (tertiary/aromatic N) is 4. The fourth-order valence-electron chi connectivity index (χ4n) is 3.34. The Labute approximate surface area is 162 Å². The molecule has 1 N–H and O–H groups in total. The average Bonchev–Trinajstić information content (AvgIpc) is 3.40. The van der Waals surface area contributed by atoms with Crippen molar-refractivity contribution in [1.82, 2.24) is 25.2 Å². The van der Waals surface area contributed by atoms with Crippen LogP contribution in [-0.2, 0) is 10.3 Å². The molecule has 0 spiro atoms. The van der Waals surface area contributed by atoms with Crippen LogP contribution in [0.3, 0.4) is 0 Å². The maximum Gasteiger partial charge on any atom is 0.337 e. The van der Waals surface area contributed by atoms with Gasteiger partial charge < -0.3 is 14.6 Å². The van der Waals surface area contributed by atoms with E-state index in [1.54, 1.807) is 24.4 Å². The summed E-state index contributed by atoms with van der Waals surface area (Å²) in [5.41, 5.74) is 0.687. The molecule has 0 amide bonds. The molecule has 8 nitrogen and oxygen atoms in total. The van der Waals surface area contributed by atoms with Gasteiger partial charge in [-0.05, 0) is 44.1 Å². The fourth-order valence-corrected chi connectivity index (χ4v) is 3.34. The normalized spacial score (nSPS) is 15.7. The van der Waals surface area contributed by atoms with Crippen molar-refractivity contribution in [3.63, 3.8) is 0 Å². The average molecular weight is 390 g/mol. The van der Waals surface area contributed by atoms with Gasteiger partial charge in [0.2, 0.25) is 5.82 Å². The van der Waals surface area contributed by atoms with E-state index in [2.05, 4.69) is 20.6 Å². The highest BCUT2D eigenvalue weighted by molar-refractivity contribution is 5.90. The number of piperidine rings is 1. The first-order chi connectivity index (χ1) is 12.7. The Morgan fingerprint density at radius 1 is 1.30 bits per heavy atom. The number of aromatic nitrogens is 4. The highest BCUT2D eigenvalue weighted by Gasteiger charge is 2.41. The number of benzene rings is 1. The Balaban J connectivity index is 0.00000210. The van der Waals surface area contributed by atoms with Gasteiger partial charge in [-0.1, -0.05) is 17.3 Å². The molecule has 2 aromatic heterocycles. The van der Waals surface area contributed by atoms with Crippen molar-refractivity contribution in [3.05, 3.63) is 54.2 Å². The van der Waals surface area contributed by atoms with Crippen LogP contribution in [0, 0.1) is 0 Å². The monoisotopic (exact) mass is 389 g/mol. The number of nitrogens with one attached hydrogen (secondary N) is 1. The van der Waals surface area contributed by atoms with Crippen LogP contribution in [0.4, 0.5) is 0 Å². The van der Waals surface area contributed by atoms with Crippen LogP contribution in [0.2, 0.25) is 0 Å². The third-order valence-corrected chi connectivity index (χ3v) is 4.74. The van der Waals surface area contributed by atoms with E-state index in [0.29, 0.717) is 22.8 Å². The number of rotatable bonds is 4. The van der Waals surface area contributed by atoms with Crippen molar-refractivity contribution in [3.8, 4) is 11.4 Å². The number of hydrogen-bond acceptors (Lipinski definition) is 7. The molecule has 1 fully saturated rings. The molecular formula is C18H20ClN5O3. The maximum absolute atomic E-state index is 11.8. The van der Waals surface area contributed by atoms with Gasteiger partial charge in [-0.15, -0.1) is 12.4 Å². The Morgan fingerprint density at radius 3 is 2.81 bits per heavy atom. The van der Waals surface area contributed by atoms with Crippen molar-refractivity contribution in [1.29, 1.82) is 0 Å². The Hall–Kier alpha value is -2.71. The van der Waals surface area contributed by atoms with Crippen molar-refractivity contribution in [2.45, 2.75) is 18.4 Å². The summed E-state index contributed by atoms with van der Waals surface area (Å²) in [7, 11) is 1.35. The SMILES string of the molecule is COC(=O)c1cccc(-c2noc(C3(n4cccn4)CCNCC3)n2)c1.Cl. The summed E-state index contributed by atoms with van der Waals surface area (Å²) in [6.07, 6.45) is 5.28. The van der Waals surface area contributed by atoms with Gasteiger partial charge in [0.25, 0.3) is 5.89 Å². The van der Waals surface area contributed by atoms with E-state index in [1.165, 1.54) is 7.11 Å². The van der Waals surface area contributed by atoms with E-state index in [0.717, 1.165) is 25.9 Å². The predicted octanol–water partition coefficient (Wildman–Crippen LogP) is 2.27. The third-order valence-electron chi connectivity index (χ3n) is 4.74. The van der Waals surface area contributed by atoms with Crippen LogP contribution in [-0.4, -0.2) is 46.1 Å². The lowest BCUT2D eigenvalue weighted by molar-refractivity contribution is 0.0601. The largest absolute Gasteiger partial charge is 0.465 e. The quantitative estimate of drug-likeness (QED) is 0.684. The molecule has 0 saturated carbocycles. The molecule has 1 saturated heterocycles. The van der Waals surface area contributed by atoms with Crippen LogP contribution in [0.5, 0.6) is 0 Å². The van der Waals surface area contributed by atoms with E-state index in [1.807, 2.05) is 23.0 Å². The van der Waals surface area contributed by atoms with Gasteiger partial charge in [0, 0.05) is 18.0 Å². The molecule has 3 heterocycles. The Bertz CT molecular complexity index is 903. The zero-order chi connectivity index (χ0) is 18.0. The number of esters is 1. The molecule has 0 aliphatic carbocycles. The lowest BCUT2D eigenvalue weighted by Gasteiger charge is -2.34. The van der Waals surface area contributed by atoms with Crippen LogP contribution < -0.4 is 5.32 Å². The second-order valence-corrected chi connectivity index (χ2v) is 6.23. The van der Waals surface area contributed by atoms with E-state index >= 15 is 0 Å². The molecular weight excluding hydrogens is 370 g/mol. The summed E-state index contributed by atoms with van der Waals surface area (Å²) in [6.45, 7) is 1.69. The van der Waals surface area contributed by atoms with E-state index in [-0.39, 0.29) is 12.4 Å². The van der Waals surface area contributed by atoms with Crippen molar-refractivity contribution >= 4 is 18.4 Å². The summed E-state index contributed by atoms with van der Waals surface area (Å²) in [4.78, 5) is 16.4. The number of hydrogen-bond donors (Lipinski definition) is 1. The molecule has 0 radical (unpaired) electrons. The van der Waals surface area contributed by atoms with Gasteiger partial charge in [-0.2, -0.15) is 10.1 Å². The minimum absolute atomic E-state index is 0. The highest BCUT2D eigenvalue weighted by atomic mass is 35.5. The van der Waals surface area contributed by atoms with Gasteiger partial charge >= 0.3 is 5.97 Å². The minimum atomic E-state index is -0.458. The fraction of sp³-hybridized carbons (Fsp3) is 0.333. The summed E-state index contributed by atoms with van der Waals surface area (Å²) in [5.74, 6) is 0.568. The van der Waals surface area contributed by atoms with Crippen molar-refractivity contribution < 1.29 is 14.1 Å². The predicted molar refractivity (Wildman–Crippen MR) is 99.7 cm³/mol. The number of halogens is 1. The molecule has 3 aromatic rings. The van der Waals surface area contributed by atoms with E-state index in [4.69, 9.17) is 9.26 Å². The van der Waals surface area contributed by atoms with E-state index in [9.17, 15) is 4.79 Å². The third kappa shape index (κ3) is 3.45. The minimum Gasteiger partial charge on any atom is -0.465 e. The smallest absolute Gasteiger partial charge is 0.337 e. The van der Waals surface area contributed by atoms with Crippen LogP contribution in [0.25, 0.3) is 11.4 Å². The van der Waals surface area contributed by atoms with Gasteiger partial charge in [-0.3, -0.25) is 4.68 Å². The topological polar surface area (TPSA) is 95.1 Å². The van der Waals surface area contributed by atoms with Crippen molar-refractivity contribution in [2.24, 2.45) is 0 Å². The summed E-state index contributed by atoms with van der Waals surface area (Å²) < 4.78 is 12.3. The Kier molecular flexibility index (Phi) is 5.57. The Morgan fingerprint density at radius 2 is 2.11 bits per heavy atom.